The minimum absolute atomic E-state index is 0. The smallest absolute Gasteiger partial charge is 0.237 e. The van der Waals surface area contributed by atoms with Crippen LogP contribution in [0.2, 0.25) is 0 Å². The summed E-state index contributed by atoms with van der Waals surface area (Å²) in [5, 5.41) is 2.80. The van der Waals surface area contributed by atoms with Gasteiger partial charge in [-0.25, -0.2) is 0 Å². The molecule has 3 nitrogen and oxygen atoms in total. The fraction of sp³-hybridized carbons (Fsp3) is 0.417. The minimum atomic E-state index is -0.0588. The summed E-state index contributed by atoms with van der Waals surface area (Å²) < 4.78 is 0. The third-order valence-electron chi connectivity index (χ3n) is 2.68. The molecule has 1 amide bonds. The zero-order valence-electron chi connectivity index (χ0n) is 9.52. The molecule has 2 rings (SSSR count). The SMILES string of the molecule is Cl.NCCNC(=O)C1SCCc2ccccc21. The molecule has 1 aliphatic rings. The first kappa shape index (κ1) is 14.4. The lowest BCUT2D eigenvalue weighted by Gasteiger charge is -2.24. The van der Waals surface area contributed by atoms with Crippen molar-refractivity contribution >= 4 is 30.1 Å². The lowest BCUT2D eigenvalue weighted by molar-refractivity contribution is -0.120. The maximum Gasteiger partial charge on any atom is 0.237 e. The van der Waals surface area contributed by atoms with Crippen molar-refractivity contribution in [2.75, 3.05) is 18.8 Å². The molecular formula is C12H17ClN2OS. The minimum Gasteiger partial charge on any atom is -0.354 e. The van der Waals surface area contributed by atoms with Crippen molar-refractivity contribution in [1.82, 2.24) is 5.32 Å². The molecule has 1 unspecified atom stereocenters. The van der Waals surface area contributed by atoms with Crippen LogP contribution >= 0.6 is 24.2 Å². The van der Waals surface area contributed by atoms with Gasteiger partial charge in [-0.05, 0) is 23.3 Å². The van der Waals surface area contributed by atoms with Gasteiger partial charge in [0.15, 0.2) is 0 Å². The first-order valence-electron chi connectivity index (χ1n) is 5.50. The fourth-order valence-electron chi connectivity index (χ4n) is 1.90. The van der Waals surface area contributed by atoms with Crippen LogP contribution in [0.25, 0.3) is 0 Å². The largest absolute Gasteiger partial charge is 0.354 e. The average Bonchev–Trinajstić information content (AvgIpc) is 2.35. The summed E-state index contributed by atoms with van der Waals surface area (Å²) in [5.41, 5.74) is 7.84. The van der Waals surface area contributed by atoms with Crippen LogP contribution in [-0.4, -0.2) is 24.7 Å². The summed E-state index contributed by atoms with van der Waals surface area (Å²) in [5.74, 6) is 1.10. The Morgan fingerprint density at radius 3 is 3.00 bits per heavy atom. The lowest BCUT2D eigenvalue weighted by atomic mass is 10.0. The molecule has 1 atom stereocenters. The van der Waals surface area contributed by atoms with Crippen molar-refractivity contribution in [3.8, 4) is 0 Å². The van der Waals surface area contributed by atoms with E-state index in [0.717, 1.165) is 17.7 Å². The first-order chi connectivity index (χ1) is 7.83. The van der Waals surface area contributed by atoms with Crippen LogP contribution in [0, 0.1) is 0 Å². The summed E-state index contributed by atoms with van der Waals surface area (Å²) in [6.45, 7) is 1.04. The van der Waals surface area contributed by atoms with Gasteiger partial charge in [0.05, 0.1) is 0 Å². The van der Waals surface area contributed by atoms with Crippen LogP contribution in [0.1, 0.15) is 16.4 Å². The highest BCUT2D eigenvalue weighted by Gasteiger charge is 2.26. The number of amides is 1. The Hall–Kier alpha value is -0.710. The summed E-state index contributed by atoms with van der Waals surface area (Å²) in [6, 6.07) is 8.18. The van der Waals surface area contributed by atoms with E-state index in [1.807, 2.05) is 18.2 Å². The number of rotatable bonds is 3. The zero-order chi connectivity index (χ0) is 11.4. The monoisotopic (exact) mass is 272 g/mol. The van der Waals surface area contributed by atoms with Gasteiger partial charge in [-0.15, -0.1) is 24.2 Å². The van der Waals surface area contributed by atoms with Crippen LogP contribution in [-0.2, 0) is 11.2 Å². The van der Waals surface area contributed by atoms with Crippen LogP contribution in [0.15, 0.2) is 24.3 Å². The summed E-state index contributed by atoms with van der Waals surface area (Å²) >= 11 is 1.71. The Labute approximate surface area is 112 Å². The van der Waals surface area contributed by atoms with Gasteiger partial charge in [-0.3, -0.25) is 4.79 Å². The van der Waals surface area contributed by atoms with Gasteiger partial charge in [0.1, 0.15) is 5.25 Å². The quantitative estimate of drug-likeness (QED) is 0.877. The van der Waals surface area contributed by atoms with E-state index >= 15 is 0 Å². The molecule has 0 bridgehead atoms. The zero-order valence-corrected chi connectivity index (χ0v) is 11.2. The molecule has 0 saturated carbocycles. The molecule has 17 heavy (non-hydrogen) atoms. The van der Waals surface area contributed by atoms with Crippen molar-refractivity contribution in [2.24, 2.45) is 5.73 Å². The molecule has 1 aromatic rings. The van der Waals surface area contributed by atoms with Crippen LogP contribution in [0.5, 0.6) is 0 Å². The van der Waals surface area contributed by atoms with Gasteiger partial charge in [0.25, 0.3) is 0 Å². The maximum absolute atomic E-state index is 11.9. The number of nitrogens with two attached hydrogens (primary N) is 1. The number of nitrogens with one attached hydrogen (secondary N) is 1. The van der Waals surface area contributed by atoms with Gasteiger partial charge in [-0.1, -0.05) is 24.3 Å². The molecular weight excluding hydrogens is 256 g/mol. The molecule has 3 N–H and O–H groups in total. The molecule has 0 fully saturated rings. The average molecular weight is 273 g/mol. The highest BCUT2D eigenvalue weighted by Crippen LogP contribution is 2.36. The second kappa shape index (κ2) is 6.89. The summed E-state index contributed by atoms with van der Waals surface area (Å²) in [7, 11) is 0. The molecule has 0 saturated heterocycles. The molecule has 0 spiro atoms. The predicted molar refractivity (Wildman–Crippen MR) is 74.7 cm³/mol. The van der Waals surface area contributed by atoms with Crippen molar-refractivity contribution in [3.05, 3.63) is 35.4 Å². The second-order valence-electron chi connectivity index (χ2n) is 3.78. The third kappa shape index (κ3) is 3.37. The lowest BCUT2D eigenvalue weighted by Crippen LogP contribution is -2.33. The van der Waals surface area contributed by atoms with E-state index in [1.54, 1.807) is 11.8 Å². The number of hydrogen-bond acceptors (Lipinski definition) is 3. The Bertz CT molecular complexity index is 387. The summed E-state index contributed by atoms with van der Waals surface area (Å²) in [4.78, 5) is 11.9. The first-order valence-corrected chi connectivity index (χ1v) is 6.55. The molecule has 1 heterocycles. The Morgan fingerprint density at radius 1 is 1.47 bits per heavy atom. The van der Waals surface area contributed by atoms with Crippen LogP contribution in [0.3, 0.4) is 0 Å². The van der Waals surface area contributed by atoms with Crippen molar-refractivity contribution < 1.29 is 4.79 Å². The Morgan fingerprint density at radius 2 is 2.24 bits per heavy atom. The number of thioether (sulfide) groups is 1. The number of benzene rings is 1. The number of fused-ring (bicyclic) bond motifs is 1. The van der Waals surface area contributed by atoms with Crippen molar-refractivity contribution in [1.29, 1.82) is 0 Å². The van der Waals surface area contributed by atoms with E-state index in [2.05, 4.69) is 11.4 Å². The fourth-order valence-corrected chi connectivity index (χ4v) is 3.12. The molecule has 0 aliphatic carbocycles. The van der Waals surface area contributed by atoms with Gasteiger partial charge >= 0.3 is 0 Å². The topological polar surface area (TPSA) is 55.1 Å². The second-order valence-corrected chi connectivity index (χ2v) is 4.99. The molecule has 5 heteroatoms. The van der Waals surface area contributed by atoms with Crippen molar-refractivity contribution in [3.63, 3.8) is 0 Å². The van der Waals surface area contributed by atoms with E-state index in [-0.39, 0.29) is 23.6 Å². The van der Waals surface area contributed by atoms with Gasteiger partial charge in [0, 0.05) is 13.1 Å². The van der Waals surface area contributed by atoms with E-state index in [1.165, 1.54) is 5.56 Å². The standard InChI is InChI=1S/C12H16N2OS.ClH/c13-6-7-14-12(15)11-10-4-2-1-3-9(10)5-8-16-11;/h1-4,11H,5-8,13H2,(H,14,15);1H. The molecule has 0 aromatic heterocycles. The number of hydrogen-bond donors (Lipinski definition) is 2. The highest BCUT2D eigenvalue weighted by molar-refractivity contribution is 8.00. The predicted octanol–water partition coefficient (Wildman–Crippen LogP) is 1.51. The number of aryl methyl sites for hydroxylation is 1. The van der Waals surface area contributed by atoms with Gasteiger partial charge in [-0.2, -0.15) is 0 Å². The van der Waals surface area contributed by atoms with Gasteiger partial charge in [0.2, 0.25) is 5.91 Å². The molecule has 0 radical (unpaired) electrons. The van der Waals surface area contributed by atoms with E-state index in [9.17, 15) is 4.79 Å². The van der Waals surface area contributed by atoms with Crippen molar-refractivity contribution in [2.45, 2.75) is 11.7 Å². The Kier molecular flexibility index (Phi) is 5.82. The van der Waals surface area contributed by atoms with Crippen LogP contribution in [0.4, 0.5) is 0 Å². The molecule has 1 aromatic carbocycles. The van der Waals surface area contributed by atoms with E-state index in [0.29, 0.717) is 13.1 Å². The number of halogens is 1. The Balaban J connectivity index is 0.00000144. The number of carbonyl (C=O) groups excluding carboxylic acids is 1. The number of carbonyl (C=O) groups is 1. The third-order valence-corrected chi connectivity index (χ3v) is 3.92. The summed E-state index contributed by atoms with van der Waals surface area (Å²) in [6.07, 6.45) is 1.06. The molecule has 1 aliphatic heterocycles. The highest BCUT2D eigenvalue weighted by atomic mass is 35.5. The van der Waals surface area contributed by atoms with Gasteiger partial charge < -0.3 is 11.1 Å². The van der Waals surface area contributed by atoms with E-state index in [4.69, 9.17) is 5.73 Å². The maximum atomic E-state index is 11.9. The normalized spacial score (nSPS) is 17.8. The van der Waals surface area contributed by atoms with E-state index < -0.39 is 0 Å². The van der Waals surface area contributed by atoms with Crippen LogP contribution < -0.4 is 11.1 Å². The molecule has 94 valence electrons.